The third kappa shape index (κ3) is 2.72. The zero-order chi connectivity index (χ0) is 13.0. The molecule has 0 atom stereocenters. The highest BCUT2D eigenvalue weighted by Crippen LogP contribution is 2.20. The van der Waals surface area contributed by atoms with E-state index in [0.29, 0.717) is 38.5 Å². The molecule has 1 fully saturated rings. The number of para-hydroxylation sites is 1. The van der Waals surface area contributed by atoms with Gasteiger partial charge in [0.25, 0.3) is 0 Å². The maximum Gasteiger partial charge on any atom is 0.409 e. The number of ether oxygens (including phenoxy) is 1. The summed E-state index contributed by atoms with van der Waals surface area (Å²) in [6.45, 7) is 4.54. The first kappa shape index (κ1) is 12.7. The van der Waals surface area contributed by atoms with Crippen molar-refractivity contribution in [2.45, 2.75) is 6.92 Å². The minimum Gasteiger partial charge on any atom is -0.450 e. The van der Waals surface area contributed by atoms with E-state index in [2.05, 4.69) is 0 Å². The zero-order valence-electron chi connectivity index (χ0n) is 10.4. The van der Waals surface area contributed by atoms with Crippen LogP contribution in [0.15, 0.2) is 24.3 Å². The molecule has 0 N–H and O–H groups in total. The van der Waals surface area contributed by atoms with Crippen molar-refractivity contribution in [2.75, 3.05) is 37.7 Å². The van der Waals surface area contributed by atoms with Crippen molar-refractivity contribution in [3.8, 4) is 0 Å². The molecule has 0 aromatic heterocycles. The van der Waals surface area contributed by atoms with E-state index >= 15 is 0 Å². The van der Waals surface area contributed by atoms with Crippen molar-refractivity contribution in [3.63, 3.8) is 0 Å². The number of carbonyl (C=O) groups excluding carboxylic acids is 1. The first-order valence-corrected chi connectivity index (χ1v) is 6.13. The van der Waals surface area contributed by atoms with Gasteiger partial charge in [-0.15, -0.1) is 0 Å². The summed E-state index contributed by atoms with van der Waals surface area (Å²) in [5.41, 5.74) is 0.598. The Morgan fingerprint density at radius 1 is 1.28 bits per heavy atom. The smallest absolute Gasteiger partial charge is 0.409 e. The van der Waals surface area contributed by atoms with Crippen LogP contribution in [0.4, 0.5) is 14.9 Å². The van der Waals surface area contributed by atoms with Crippen molar-refractivity contribution < 1.29 is 13.9 Å². The van der Waals surface area contributed by atoms with Crippen molar-refractivity contribution >= 4 is 11.8 Å². The zero-order valence-corrected chi connectivity index (χ0v) is 10.4. The normalized spacial score (nSPS) is 15.7. The van der Waals surface area contributed by atoms with Crippen molar-refractivity contribution in [1.29, 1.82) is 0 Å². The molecule has 1 saturated heterocycles. The predicted octanol–water partition coefficient (Wildman–Crippen LogP) is 2.10. The highest BCUT2D eigenvalue weighted by molar-refractivity contribution is 5.68. The molecule has 0 spiro atoms. The Hall–Kier alpha value is -1.78. The summed E-state index contributed by atoms with van der Waals surface area (Å²) < 4.78 is 18.5. The summed E-state index contributed by atoms with van der Waals surface area (Å²) in [6, 6.07) is 6.70. The Morgan fingerprint density at radius 3 is 2.56 bits per heavy atom. The largest absolute Gasteiger partial charge is 0.450 e. The number of rotatable bonds is 2. The molecule has 0 saturated carbocycles. The number of amides is 1. The van der Waals surface area contributed by atoms with Gasteiger partial charge in [-0.25, -0.2) is 9.18 Å². The quantitative estimate of drug-likeness (QED) is 0.808. The second-order valence-corrected chi connectivity index (χ2v) is 4.12. The highest BCUT2D eigenvalue weighted by atomic mass is 19.1. The van der Waals surface area contributed by atoms with Crippen molar-refractivity contribution in [2.24, 2.45) is 0 Å². The van der Waals surface area contributed by atoms with Gasteiger partial charge in [-0.05, 0) is 19.1 Å². The minimum absolute atomic E-state index is 0.220. The van der Waals surface area contributed by atoms with Crippen LogP contribution in [0, 0.1) is 5.82 Å². The summed E-state index contributed by atoms with van der Waals surface area (Å²) in [4.78, 5) is 15.1. The lowest BCUT2D eigenvalue weighted by Gasteiger charge is -2.35. The maximum atomic E-state index is 13.6. The summed E-state index contributed by atoms with van der Waals surface area (Å²) in [5.74, 6) is -0.220. The highest BCUT2D eigenvalue weighted by Gasteiger charge is 2.23. The van der Waals surface area contributed by atoms with E-state index in [1.165, 1.54) is 6.07 Å². The summed E-state index contributed by atoms with van der Waals surface area (Å²) in [6.07, 6.45) is -0.286. The molecule has 0 unspecified atom stereocenters. The Morgan fingerprint density at radius 2 is 1.94 bits per heavy atom. The molecule has 18 heavy (non-hydrogen) atoms. The van der Waals surface area contributed by atoms with E-state index < -0.39 is 0 Å². The third-order valence-electron chi connectivity index (χ3n) is 3.00. The van der Waals surface area contributed by atoms with Crippen LogP contribution in [0.3, 0.4) is 0 Å². The fourth-order valence-electron chi connectivity index (χ4n) is 2.05. The van der Waals surface area contributed by atoms with Gasteiger partial charge in [-0.2, -0.15) is 0 Å². The number of nitrogens with zero attached hydrogens (tertiary/aromatic N) is 2. The number of hydrogen-bond donors (Lipinski definition) is 0. The lowest BCUT2D eigenvalue weighted by molar-refractivity contribution is 0.105. The van der Waals surface area contributed by atoms with Gasteiger partial charge >= 0.3 is 6.09 Å². The summed E-state index contributed by atoms with van der Waals surface area (Å²) >= 11 is 0. The molecule has 1 aromatic carbocycles. The van der Waals surface area contributed by atoms with E-state index in [-0.39, 0.29) is 11.9 Å². The number of piperazine rings is 1. The molecule has 2 rings (SSSR count). The van der Waals surface area contributed by atoms with Crippen LogP contribution in [0.2, 0.25) is 0 Å². The van der Waals surface area contributed by atoms with Gasteiger partial charge in [0.1, 0.15) is 5.82 Å². The van der Waals surface area contributed by atoms with E-state index in [1.807, 2.05) is 11.0 Å². The summed E-state index contributed by atoms with van der Waals surface area (Å²) in [7, 11) is 0. The van der Waals surface area contributed by atoms with Gasteiger partial charge < -0.3 is 14.5 Å². The fraction of sp³-hybridized carbons (Fsp3) is 0.462. The lowest BCUT2D eigenvalue weighted by atomic mass is 10.2. The number of hydrogen-bond acceptors (Lipinski definition) is 3. The SMILES string of the molecule is CCOC(=O)N1CCN(c2ccccc2F)CC1. The van der Waals surface area contributed by atoms with Crippen LogP contribution < -0.4 is 4.90 Å². The van der Waals surface area contributed by atoms with Gasteiger partial charge in [-0.1, -0.05) is 12.1 Å². The molecular formula is C13H17FN2O2. The average Bonchev–Trinajstić information content (AvgIpc) is 2.40. The molecule has 1 aliphatic rings. The monoisotopic (exact) mass is 252 g/mol. The van der Waals surface area contributed by atoms with Gasteiger partial charge in [0.15, 0.2) is 0 Å². The van der Waals surface area contributed by atoms with E-state index in [4.69, 9.17) is 4.74 Å². The van der Waals surface area contributed by atoms with Gasteiger partial charge in [-0.3, -0.25) is 0 Å². The molecule has 0 aliphatic carbocycles. The van der Waals surface area contributed by atoms with Crippen LogP contribution >= 0.6 is 0 Å². The van der Waals surface area contributed by atoms with Crippen molar-refractivity contribution in [3.05, 3.63) is 30.1 Å². The first-order chi connectivity index (χ1) is 8.72. The maximum absolute atomic E-state index is 13.6. The molecule has 0 radical (unpaired) electrons. The molecule has 1 heterocycles. The Bertz CT molecular complexity index is 417. The molecule has 1 aliphatic heterocycles. The molecule has 98 valence electrons. The minimum atomic E-state index is -0.286. The van der Waals surface area contributed by atoms with E-state index in [9.17, 15) is 9.18 Å². The third-order valence-corrected chi connectivity index (χ3v) is 3.00. The fourth-order valence-corrected chi connectivity index (χ4v) is 2.05. The van der Waals surface area contributed by atoms with Crippen LogP contribution in [-0.4, -0.2) is 43.8 Å². The Balaban J connectivity index is 1.95. The Labute approximate surface area is 106 Å². The topological polar surface area (TPSA) is 32.8 Å². The van der Waals surface area contributed by atoms with Gasteiger partial charge in [0.2, 0.25) is 0 Å². The standard InChI is InChI=1S/C13H17FN2O2/c1-2-18-13(17)16-9-7-15(8-10-16)12-6-4-3-5-11(12)14/h3-6H,2,7-10H2,1H3. The molecule has 1 aromatic rings. The number of halogens is 1. The Kier molecular flexibility index (Phi) is 4.02. The van der Waals surface area contributed by atoms with Gasteiger partial charge in [0.05, 0.1) is 12.3 Å². The molecule has 4 nitrogen and oxygen atoms in total. The van der Waals surface area contributed by atoms with Gasteiger partial charge in [0, 0.05) is 26.2 Å². The molecule has 5 heteroatoms. The van der Waals surface area contributed by atoms with Crippen molar-refractivity contribution in [1.82, 2.24) is 4.90 Å². The molecule has 0 bridgehead atoms. The second-order valence-electron chi connectivity index (χ2n) is 4.12. The summed E-state index contributed by atoms with van der Waals surface area (Å²) in [5, 5.41) is 0. The predicted molar refractivity (Wildman–Crippen MR) is 67.2 cm³/mol. The van der Waals surface area contributed by atoms with E-state index in [1.54, 1.807) is 24.0 Å². The molecule has 1 amide bonds. The lowest BCUT2D eigenvalue weighted by Crippen LogP contribution is -2.49. The van der Waals surface area contributed by atoms with Crippen LogP contribution in [0.25, 0.3) is 0 Å². The second kappa shape index (κ2) is 5.71. The first-order valence-electron chi connectivity index (χ1n) is 6.13. The van der Waals surface area contributed by atoms with Crippen LogP contribution in [0.1, 0.15) is 6.92 Å². The molecular weight excluding hydrogens is 235 g/mol. The average molecular weight is 252 g/mol. The number of benzene rings is 1. The number of anilines is 1. The number of carbonyl (C=O) groups is 1. The van der Waals surface area contributed by atoms with E-state index in [0.717, 1.165) is 0 Å². The van der Waals surface area contributed by atoms with Crippen LogP contribution in [0.5, 0.6) is 0 Å². The van der Waals surface area contributed by atoms with Crippen LogP contribution in [-0.2, 0) is 4.74 Å².